The molecule has 0 amide bonds. The van der Waals surface area contributed by atoms with Gasteiger partial charge in [-0.25, -0.2) is 0 Å². The van der Waals surface area contributed by atoms with E-state index in [-0.39, 0.29) is 0 Å². The highest BCUT2D eigenvalue weighted by molar-refractivity contribution is 5.98. The number of aromatic hydroxyl groups is 1. The number of hydrogen-bond donors (Lipinski definition) is 1. The van der Waals surface area contributed by atoms with Crippen LogP contribution in [-0.4, -0.2) is 10.9 Å². The van der Waals surface area contributed by atoms with E-state index in [1.165, 1.54) is 5.57 Å². The summed E-state index contributed by atoms with van der Waals surface area (Å²) in [7, 11) is 0. The van der Waals surface area contributed by atoms with Gasteiger partial charge < -0.3 is 5.11 Å². The molecular formula is C16H16O2. The molecule has 2 nitrogen and oxygen atoms in total. The first-order valence-corrected chi connectivity index (χ1v) is 6.47. The number of fused-ring (bicyclic) bond motifs is 1. The van der Waals surface area contributed by atoms with Crippen molar-refractivity contribution < 1.29 is 9.90 Å². The normalized spacial score (nSPS) is 23.1. The predicted molar refractivity (Wildman–Crippen MR) is 71.1 cm³/mol. The van der Waals surface area contributed by atoms with Crippen LogP contribution in [0.15, 0.2) is 42.0 Å². The van der Waals surface area contributed by atoms with E-state index in [0.29, 0.717) is 23.9 Å². The summed E-state index contributed by atoms with van der Waals surface area (Å²) in [6.07, 6.45) is 7.85. The van der Waals surface area contributed by atoms with Gasteiger partial charge in [0.05, 0.1) is 0 Å². The number of ketones is 1. The lowest BCUT2D eigenvalue weighted by Gasteiger charge is -2.28. The van der Waals surface area contributed by atoms with Crippen molar-refractivity contribution in [1.29, 1.82) is 0 Å². The molecule has 0 spiro atoms. The maximum absolute atomic E-state index is 11.8. The summed E-state index contributed by atoms with van der Waals surface area (Å²) in [6, 6.07) is 7.29. The highest BCUT2D eigenvalue weighted by atomic mass is 16.3. The molecule has 1 unspecified atom stereocenters. The first kappa shape index (κ1) is 11.3. The predicted octanol–water partition coefficient (Wildman–Crippen LogP) is 3.47. The topological polar surface area (TPSA) is 37.3 Å². The van der Waals surface area contributed by atoms with Crippen LogP contribution >= 0.6 is 0 Å². The monoisotopic (exact) mass is 240 g/mol. The summed E-state index contributed by atoms with van der Waals surface area (Å²) in [5.41, 5.74) is 3.42. The summed E-state index contributed by atoms with van der Waals surface area (Å²) in [6.45, 7) is 0. The molecule has 0 saturated heterocycles. The fourth-order valence-electron chi connectivity index (χ4n) is 2.89. The second kappa shape index (κ2) is 4.45. The number of carbonyl (C=O) groups excluding carboxylic acids is 1. The molecule has 1 fully saturated rings. The van der Waals surface area contributed by atoms with E-state index < -0.39 is 0 Å². The van der Waals surface area contributed by atoms with Crippen molar-refractivity contribution in [3.8, 4) is 5.75 Å². The average Bonchev–Trinajstić information content (AvgIpc) is 2.39. The minimum absolute atomic E-state index is 0.291. The van der Waals surface area contributed by atoms with Crippen LogP contribution in [0, 0.1) is 5.92 Å². The summed E-state index contributed by atoms with van der Waals surface area (Å²) < 4.78 is 0. The molecule has 0 radical (unpaired) electrons. The number of rotatable bonds is 1. The van der Waals surface area contributed by atoms with E-state index in [2.05, 4.69) is 6.08 Å². The third-order valence-corrected chi connectivity index (χ3v) is 3.89. The van der Waals surface area contributed by atoms with Gasteiger partial charge in [-0.3, -0.25) is 4.79 Å². The van der Waals surface area contributed by atoms with Crippen LogP contribution in [0.1, 0.15) is 31.2 Å². The lowest BCUT2D eigenvalue weighted by Crippen LogP contribution is -2.21. The van der Waals surface area contributed by atoms with Crippen LogP contribution in [0.3, 0.4) is 0 Å². The molecule has 1 saturated carbocycles. The van der Waals surface area contributed by atoms with E-state index in [0.717, 1.165) is 30.4 Å². The minimum Gasteiger partial charge on any atom is -0.508 e. The maximum atomic E-state index is 11.8. The minimum atomic E-state index is 0.291. The van der Waals surface area contributed by atoms with Gasteiger partial charge in [-0.1, -0.05) is 24.3 Å². The Hall–Kier alpha value is -1.83. The average molecular weight is 240 g/mol. The van der Waals surface area contributed by atoms with Crippen LogP contribution in [0.5, 0.6) is 5.75 Å². The second-order valence-corrected chi connectivity index (χ2v) is 5.08. The smallest absolute Gasteiger partial charge is 0.159 e. The van der Waals surface area contributed by atoms with E-state index in [1.807, 2.05) is 18.2 Å². The van der Waals surface area contributed by atoms with Crippen molar-refractivity contribution in [3.63, 3.8) is 0 Å². The van der Waals surface area contributed by atoms with Crippen LogP contribution < -0.4 is 0 Å². The number of phenolic OH excluding ortho intramolecular Hbond substituents is 1. The summed E-state index contributed by atoms with van der Waals surface area (Å²) >= 11 is 0. The molecule has 1 aromatic carbocycles. The van der Waals surface area contributed by atoms with E-state index in [1.54, 1.807) is 12.1 Å². The molecule has 1 aromatic rings. The Balaban J connectivity index is 1.91. The van der Waals surface area contributed by atoms with Gasteiger partial charge in [-0.2, -0.15) is 0 Å². The zero-order valence-electron chi connectivity index (χ0n) is 10.2. The molecule has 0 heterocycles. The van der Waals surface area contributed by atoms with Crippen molar-refractivity contribution in [1.82, 2.24) is 0 Å². The fraction of sp³-hybridized carbons (Fsp3) is 0.312. The number of allylic oxidation sites excluding steroid dienone is 4. The van der Waals surface area contributed by atoms with Gasteiger partial charge in [0.1, 0.15) is 5.75 Å². The number of hydrogen-bond acceptors (Lipinski definition) is 2. The number of phenols is 1. The van der Waals surface area contributed by atoms with Gasteiger partial charge >= 0.3 is 0 Å². The van der Waals surface area contributed by atoms with Gasteiger partial charge in [-0.15, -0.1) is 0 Å². The molecule has 2 heteroatoms. The zero-order chi connectivity index (χ0) is 12.5. The fourth-order valence-corrected chi connectivity index (χ4v) is 2.89. The summed E-state index contributed by atoms with van der Waals surface area (Å²) in [5, 5.41) is 9.30. The van der Waals surface area contributed by atoms with Gasteiger partial charge in [0.25, 0.3) is 0 Å². The maximum Gasteiger partial charge on any atom is 0.159 e. The third-order valence-electron chi connectivity index (χ3n) is 3.89. The zero-order valence-corrected chi connectivity index (χ0v) is 10.2. The van der Waals surface area contributed by atoms with Crippen molar-refractivity contribution in [2.75, 3.05) is 0 Å². The Morgan fingerprint density at radius 1 is 1.11 bits per heavy atom. The van der Waals surface area contributed by atoms with Gasteiger partial charge in [-0.05, 0) is 54.0 Å². The first-order valence-electron chi connectivity index (χ1n) is 6.47. The SMILES string of the molecule is O=C1CCCC2CC(c3ccc(O)cc3)=CC=C12. The molecule has 0 aliphatic heterocycles. The Morgan fingerprint density at radius 2 is 1.89 bits per heavy atom. The van der Waals surface area contributed by atoms with E-state index in [4.69, 9.17) is 0 Å². The number of benzene rings is 1. The van der Waals surface area contributed by atoms with Crippen LogP contribution in [0.4, 0.5) is 0 Å². The Labute approximate surface area is 107 Å². The van der Waals surface area contributed by atoms with Gasteiger partial charge in [0.2, 0.25) is 0 Å². The van der Waals surface area contributed by atoms with E-state index in [9.17, 15) is 9.90 Å². The van der Waals surface area contributed by atoms with Crippen molar-refractivity contribution in [2.45, 2.75) is 25.7 Å². The molecule has 2 aliphatic rings. The highest BCUT2D eigenvalue weighted by Crippen LogP contribution is 2.38. The summed E-state index contributed by atoms with van der Waals surface area (Å²) in [5.74, 6) is 1.02. The molecule has 0 aromatic heterocycles. The van der Waals surface area contributed by atoms with Crippen LogP contribution in [0.25, 0.3) is 5.57 Å². The molecule has 1 atom stereocenters. The molecular weight excluding hydrogens is 224 g/mol. The standard InChI is InChI=1S/C16H16O2/c17-14-7-4-11(5-8-14)12-6-9-15-13(10-12)2-1-3-16(15)18/h4-9,13,17H,1-3,10H2. The Kier molecular flexibility index (Phi) is 2.78. The van der Waals surface area contributed by atoms with Gasteiger partial charge in [0.15, 0.2) is 5.78 Å². The second-order valence-electron chi connectivity index (χ2n) is 5.08. The van der Waals surface area contributed by atoms with Crippen molar-refractivity contribution in [2.24, 2.45) is 5.92 Å². The Bertz CT molecular complexity index is 535. The lowest BCUT2D eigenvalue weighted by atomic mass is 9.76. The largest absolute Gasteiger partial charge is 0.508 e. The molecule has 3 rings (SSSR count). The molecule has 2 aliphatic carbocycles. The van der Waals surface area contributed by atoms with Gasteiger partial charge in [0, 0.05) is 6.42 Å². The summed E-state index contributed by atoms with van der Waals surface area (Å²) in [4.78, 5) is 11.8. The Morgan fingerprint density at radius 3 is 2.67 bits per heavy atom. The number of Topliss-reactive ketones (excluding diaryl/α,β-unsaturated/α-hetero) is 1. The third kappa shape index (κ3) is 1.99. The van der Waals surface area contributed by atoms with Crippen LogP contribution in [0.2, 0.25) is 0 Å². The molecule has 92 valence electrons. The van der Waals surface area contributed by atoms with Crippen LogP contribution in [-0.2, 0) is 4.79 Å². The lowest BCUT2D eigenvalue weighted by molar-refractivity contribution is -0.117. The van der Waals surface area contributed by atoms with Crippen molar-refractivity contribution in [3.05, 3.63) is 47.6 Å². The van der Waals surface area contributed by atoms with Crippen molar-refractivity contribution >= 4 is 11.4 Å². The highest BCUT2D eigenvalue weighted by Gasteiger charge is 2.28. The van der Waals surface area contributed by atoms with E-state index >= 15 is 0 Å². The number of carbonyl (C=O) groups is 1. The quantitative estimate of drug-likeness (QED) is 0.816. The molecule has 18 heavy (non-hydrogen) atoms. The first-order chi connectivity index (χ1) is 8.74. The molecule has 1 N–H and O–H groups in total. The molecule has 0 bridgehead atoms.